The van der Waals surface area contributed by atoms with E-state index in [9.17, 15) is 0 Å². The van der Waals surface area contributed by atoms with Crippen LogP contribution in [0, 0.1) is 6.92 Å². The van der Waals surface area contributed by atoms with Gasteiger partial charge >= 0.3 is 0 Å². The van der Waals surface area contributed by atoms with Gasteiger partial charge in [0.25, 0.3) is 0 Å². The van der Waals surface area contributed by atoms with Crippen LogP contribution in [-0.4, -0.2) is 17.3 Å². The number of ether oxygens (including phenoxy) is 2. The van der Waals surface area contributed by atoms with Gasteiger partial charge in [-0.15, -0.1) is 10.2 Å². The molecule has 4 rings (SSSR count). The lowest BCUT2D eigenvalue weighted by Gasteiger charge is -2.11. The molecule has 0 saturated heterocycles. The summed E-state index contributed by atoms with van der Waals surface area (Å²) in [4.78, 5) is 0. The second kappa shape index (κ2) is 7.96. The van der Waals surface area contributed by atoms with Crippen LogP contribution in [0.4, 0.5) is 0 Å². The van der Waals surface area contributed by atoms with Gasteiger partial charge in [-0.3, -0.25) is 0 Å². The van der Waals surface area contributed by atoms with E-state index in [1.807, 2.05) is 79.7 Å². The second-order valence-corrected chi connectivity index (χ2v) is 6.37. The molecule has 0 radical (unpaired) electrons. The Morgan fingerprint density at radius 2 is 1.57 bits per heavy atom. The fraction of sp³-hybridized carbons (Fsp3) is 0.130. The van der Waals surface area contributed by atoms with Crippen molar-refractivity contribution in [2.75, 3.05) is 7.11 Å². The molecule has 0 bridgehead atoms. The molecule has 0 atom stereocenters. The van der Waals surface area contributed by atoms with Crippen molar-refractivity contribution >= 4 is 0 Å². The van der Waals surface area contributed by atoms with E-state index >= 15 is 0 Å². The van der Waals surface area contributed by atoms with Gasteiger partial charge in [0.05, 0.1) is 7.11 Å². The van der Waals surface area contributed by atoms with Gasteiger partial charge in [0.2, 0.25) is 11.8 Å². The van der Waals surface area contributed by atoms with E-state index in [-0.39, 0.29) is 0 Å². The summed E-state index contributed by atoms with van der Waals surface area (Å²) in [6.07, 6.45) is 0. The number of hydrogen-bond donors (Lipinski definition) is 0. The number of nitrogens with zero attached hydrogens (tertiary/aromatic N) is 2. The zero-order valence-corrected chi connectivity index (χ0v) is 15.8. The van der Waals surface area contributed by atoms with Gasteiger partial charge in [0.15, 0.2) is 11.5 Å². The molecule has 1 aromatic heterocycles. The molecule has 5 nitrogen and oxygen atoms in total. The lowest BCUT2D eigenvalue weighted by Crippen LogP contribution is -1.97. The van der Waals surface area contributed by atoms with Crippen LogP contribution in [0.2, 0.25) is 0 Å². The maximum Gasteiger partial charge on any atom is 0.248 e. The summed E-state index contributed by atoms with van der Waals surface area (Å²) in [6.45, 7) is 2.48. The maximum absolute atomic E-state index is 5.90. The first-order valence-corrected chi connectivity index (χ1v) is 8.99. The van der Waals surface area contributed by atoms with E-state index < -0.39 is 0 Å². The van der Waals surface area contributed by atoms with Gasteiger partial charge in [-0.25, -0.2) is 0 Å². The SMILES string of the molecule is COc1cc(-c2nnc(-c3ccccc3C)o2)ccc1OCc1ccccc1. The van der Waals surface area contributed by atoms with E-state index in [0.29, 0.717) is 29.9 Å². The quantitative estimate of drug-likeness (QED) is 0.460. The predicted molar refractivity (Wildman–Crippen MR) is 107 cm³/mol. The van der Waals surface area contributed by atoms with Gasteiger partial charge in [0.1, 0.15) is 6.61 Å². The molecule has 0 aliphatic rings. The van der Waals surface area contributed by atoms with Gasteiger partial charge in [-0.1, -0.05) is 48.5 Å². The van der Waals surface area contributed by atoms with Crippen molar-refractivity contribution in [1.82, 2.24) is 10.2 Å². The Morgan fingerprint density at radius 3 is 2.36 bits per heavy atom. The van der Waals surface area contributed by atoms with E-state index in [1.54, 1.807) is 7.11 Å². The Bertz CT molecular complexity index is 1070. The maximum atomic E-state index is 5.90. The van der Waals surface area contributed by atoms with Gasteiger partial charge < -0.3 is 13.9 Å². The Balaban J connectivity index is 1.57. The van der Waals surface area contributed by atoms with Crippen molar-refractivity contribution in [3.8, 4) is 34.4 Å². The Hall–Kier alpha value is -3.60. The summed E-state index contributed by atoms with van der Waals surface area (Å²) in [5.74, 6) is 2.21. The highest BCUT2D eigenvalue weighted by Gasteiger charge is 2.14. The summed E-state index contributed by atoms with van der Waals surface area (Å²) in [5.41, 5.74) is 3.88. The van der Waals surface area contributed by atoms with Crippen LogP contribution in [0.15, 0.2) is 77.2 Å². The third-order valence-electron chi connectivity index (χ3n) is 4.45. The largest absolute Gasteiger partial charge is 0.493 e. The zero-order valence-electron chi connectivity index (χ0n) is 15.8. The molecule has 0 amide bonds. The molecule has 0 aliphatic carbocycles. The third kappa shape index (κ3) is 3.74. The van der Waals surface area contributed by atoms with Gasteiger partial charge in [-0.2, -0.15) is 0 Å². The molecule has 28 heavy (non-hydrogen) atoms. The first-order chi connectivity index (χ1) is 13.7. The number of hydrogen-bond acceptors (Lipinski definition) is 5. The summed E-state index contributed by atoms with van der Waals surface area (Å²) in [5, 5.41) is 8.38. The minimum Gasteiger partial charge on any atom is -0.493 e. The number of rotatable bonds is 6. The molecule has 5 heteroatoms. The second-order valence-electron chi connectivity index (χ2n) is 6.37. The lowest BCUT2D eigenvalue weighted by molar-refractivity contribution is 0.284. The molecule has 0 aliphatic heterocycles. The van der Waals surface area contributed by atoms with Crippen molar-refractivity contribution in [2.24, 2.45) is 0 Å². The summed E-state index contributed by atoms with van der Waals surface area (Å²) >= 11 is 0. The van der Waals surface area contributed by atoms with E-state index in [4.69, 9.17) is 13.9 Å². The number of aryl methyl sites for hydroxylation is 1. The van der Waals surface area contributed by atoms with Crippen LogP contribution in [0.1, 0.15) is 11.1 Å². The van der Waals surface area contributed by atoms with Gasteiger partial charge in [-0.05, 0) is 42.3 Å². The minimum absolute atomic E-state index is 0.436. The molecule has 0 spiro atoms. The Kier molecular flexibility index (Phi) is 5.06. The summed E-state index contributed by atoms with van der Waals surface area (Å²) in [6, 6.07) is 23.5. The highest BCUT2D eigenvalue weighted by Crippen LogP contribution is 2.33. The molecule has 0 saturated carbocycles. The van der Waals surface area contributed by atoms with Crippen LogP contribution in [-0.2, 0) is 6.61 Å². The van der Waals surface area contributed by atoms with Crippen LogP contribution in [0.5, 0.6) is 11.5 Å². The molecule has 4 aromatic rings. The first kappa shape index (κ1) is 17.8. The fourth-order valence-corrected chi connectivity index (χ4v) is 2.92. The van der Waals surface area contributed by atoms with Crippen molar-refractivity contribution in [3.63, 3.8) is 0 Å². The van der Waals surface area contributed by atoms with Crippen molar-refractivity contribution < 1.29 is 13.9 Å². The standard InChI is InChI=1S/C23H20N2O3/c1-16-8-6-7-11-19(16)23-25-24-22(28-23)18-12-13-20(21(14-18)26-2)27-15-17-9-4-3-5-10-17/h3-14H,15H2,1-2H3. The van der Waals surface area contributed by atoms with Crippen LogP contribution in [0.3, 0.4) is 0 Å². The average molecular weight is 372 g/mol. The Labute approximate surface area is 163 Å². The summed E-state index contributed by atoms with van der Waals surface area (Å²) in [7, 11) is 1.61. The summed E-state index contributed by atoms with van der Waals surface area (Å²) < 4.78 is 17.3. The van der Waals surface area contributed by atoms with Gasteiger partial charge in [0, 0.05) is 11.1 Å². The fourth-order valence-electron chi connectivity index (χ4n) is 2.92. The van der Waals surface area contributed by atoms with Crippen molar-refractivity contribution in [3.05, 3.63) is 83.9 Å². The highest BCUT2D eigenvalue weighted by atomic mass is 16.5. The van der Waals surface area contributed by atoms with Crippen LogP contribution < -0.4 is 9.47 Å². The first-order valence-electron chi connectivity index (χ1n) is 8.99. The normalized spacial score (nSPS) is 10.6. The number of methoxy groups -OCH3 is 1. The van der Waals surface area contributed by atoms with Crippen LogP contribution in [0.25, 0.3) is 22.9 Å². The molecular formula is C23H20N2O3. The highest BCUT2D eigenvalue weighted by molar-refractivity contribution is 5.63. The molecule has 140 valence electrons. The average Bonchev–Trinajstić information content (AvgIpc) is 3.23. The van der Waals surface area contributed by atoms with E-state index in [1.165, 1.54) is 0 Å². The molecular weight excluding hydrogens is 352 g/mol. The topological polar surface area (TPSA) is 57.4 Å². The number of aromatic nitrogens is 2. The van der Waals surface area contributed by atoms with Crippen LogP contribution >= 0.6 is 0 Å². The molecule has 3 aromatic carbocycles. The van der Waals surface area contributed by atoms with Crippen molar-refractivity contribution in [2.45, 2.75) is 13.5 Å². The molecule has 0 N–H and O–H groups in total. The molecule has 0 unspecified atom stereocenters. The monoisotopic (exact) mass is 372 g/mol. The van der Waals surface area contributed by atoms with Crippen molar-refractivity contribution in [1.29, 1.82) is 0 Å². The lowest BCUT2D eigenvalue weighted by atomic mass is 10.1. The minimum atomic E-state index is 0.436. The molecule has 1 heterocycles. The van der Waals surface area contributed by atoms with E-state index in [0.717, 1.165) is 22.3 Å². The molecule has 0 fully saturated rings. The third-order valence-corrected chi connectivity index (χ3v) is 4.45. The number of benzene rings is 3. The smallest absolute Gasteiger partial charge is 0.248 e. The van der Waals surface area contributed by atoms with E-state index in [2.05, 4.69) is 10.2 Å². The predicted octanol–water partition coefficient (Wildman–Crippen LogP) is 5.30. The Morgan fingerprint density at radius 1 is 0.821 bits per heavy atom. The zero-order chi connectivity index (χ0) is 19.3.